The first-order valence-electron chi connectivity index (χ1n) is 9.06. The van der Waals surface area contributed by atoms with Gasteiger partial charge >= 0.3 is 5.91 Å². The number of carbonyl (C=O) groups excluding carboxylic acids is 2. The molecule has 3 N–H and O–H groups in total. The number of rotatable bonds is 5. The van der Waals surface area contributed by atoms with Crippen molar-refractivity contribution >= 4 is 32.8 Å². The lowest BCUT2D eigenvalue weighted by molar-refractivity contribution is 0.0831. The molecule has 1 aliphatic rings. The zero-order valence-corrected chi connectivity index (χ0v) is 16.4. The zero-order chi connectivity index (χ0) is 20.6. The second-order valence-corrected chi connectivity index (χ2v) is 8.59. The first-order valence-corrected chi connectivity index (χ1v) is 10.5. The van der Waals surface area contributed by atoms with Crippen molar-refractivity contribution in [2.24, 2.45) is 0 Å². The number of fused-ring (bicyclic) bond motifs is 1. The summed E-state index contributed by atoms with van der Waals surface area (Å²) in [4.78, 5) is 24.7. The van der Waals surface area contributed by atoms with Crippen LogP contribution in [0.3, 0.4) is 0 Å². The summed E-state index contributed by atoms with van der Waals surface area (Å²) in [5.74, 6) is -1.05. The number of furan rings is 1. The predicted octanol–water partition coefficient (Wildman–Crippen LogP) is 2.26. The number of hydrogen-bond donors (Lipinski definition) is 3. The number of carbonyl (C=O) groups is 2. The zero-order valence-electron chi connectivity index (χ0n) is 15.6. The molecule has 0 spiro atoms. The number of nitrogens with one attached hydrogen (secondary N) is 3. The van der Waals surface area contributed by atoms with Crippen molar-refractivity contribution in [1.82, 2.24) is 15.6 Å². The molecule has 0 radical (unpaired) electrons. The molecule has 9 heteroatoms. The highest BCUT2D eigenvalue weighted by Crippen LogP contribution is 2.25. The average molecular weight is 413 g/mol. The van der Waals surface area contributed by atoms with Crippen LogP contribution in [0.15, 0.2) is 57.8 Å². The molecule has 4 rings (SSSR count). The Morgan fingerprint density at radius 2 is 1.62 bits per heavy atom. The number of hydrazine groups is 1. The van der Waals surface area contributed by atoms with Crippen LogP contribution in [-0.2, 0) is 10.0 Å². The van der Waals surface area contributed by atoms with E-state index in [-0.39, 0.29) is 22.3 Å². The average Bonchev–Trinajstić information content (AvgIpc) is 3.46. The fourth-order valence-electron chi connectivity index (χ4n) is 2.91. The maximum Gasteiger partial charge on any atom is 0.305 e. The molecule has 2 aromatic carbocycles. The predicted molar refractivity (Wildman–Crippen MR) is 106 cm³/mol. The SMILES string of the molecule is Cc1c(C(=O)NNC(=O)c2ccc(S(=O)(=O)NC3CC3)cc2)oc2ccccc12. The summed E-state index contributed by atoms with van der Waals surface area (Å²) in [7, 11) is -3.58. The minimum absolute atomic E-state index is 0.0000986. The Morgan fingerprint density at radius 3 is 2.28 bits per heavy atom. The minimum Gasteiger partial charge on any atom is -0.451 e. The van der Waals surface area contributed by atoms with Crippen LogP contribution in [0.2, 0.25) is 0 Å². The van der Waals surface area contributed by atoms with Gasteiger partial charge in [-0.3, -0.25) is 20.4 Å². The van der Waals surface area contributed by atoms with Crippen molar-refractivity contribution in [1.29, 1.82) is 0 Å². The number of benzene rings is 2. The molecule has 0 saturated heterocycles. The molecule has 1 fully saturated rings. The molecule has 3 aromatic rings. The van der Waals surface area contributed by atoms with E-state index < -0.39 is 21.8 Å². The molecule has 1 aromatic heterocycles. The molecule has 2 amide bonds. The Bertz CT molecular complexity index is 1190. The molecule has 0 unspecified atom stereocenters. The highest BCUT2D eigenvalue weighted by molar-refractivity contribution is 7.89. The fourth-order valence-corrected chi connectivity index (χ4v) is 4.21. The summed E-state index contributed by atoms with van der Waals surface area (Å²) in [6.45, 7) is 1.76. The van der Waals surface area contributed by atoms with E-state index in [1.165, 1.54) is 24.3 Å². The lowest BCUT2D eigenvalue weighted by Crippen LogP contribution is -2.41. The first kappa shape index (κ1) is 19.2. The maximum absolute atomic E-state index is 12.4. The van der Waals surface area contributed by atoms with Gasteiger partial charge < -0.3 is 4.42 Å². The van der Waals surface area contributed by atoms with Gasteiger partial charge in [-0.05, 0) is 50.1 Å². The smallest absolute Gasteiger partial charge is 0.305 e. The van der Waals surface area contributed by atoms with Crippen LogP contribution in [0.1, 0.15) is 39.3 Å². The van der Waals surface area contributed by atoms with Crippen LogP contribution in [0.25, 0.3) is 11.0 Å². The number of aryl methyl sites for hydroxylation is 1. The van der Waals surface area contributed by atoms with Crippen molar-refractivity contribution in [3.63, 3.8) is 0 Å². The number of sulfonamides is 1. The molecule has 1 saturated carbocycles. The van der Waals surface area contributed by atoms with E-state index in [0.29, 0.717) is 11.1 Å². The van der Waals surface area contributed by atoms with E-state index in [1.54, 1.807) is 19.1 Å². The van der Waals surface area contributed by atoms with E-state index in [2.05, 4.69) is 15.6 Å². The summed E-state index contributed by atoms with van der Waals surface area (Å²) in [5.41, 5.74) is 6.08. The number of para-hydroxylation sites is 1. The van der Waals surface area contributed by atoms with Gasteiger partial charge in [0, 0.05) is 22.6 Å². The third kappa shape index (κ3) is 4.01. The Hall–Kier alpha value is -3.17. The van der Waals surface area contributed by atoms with E-state index in [1.807, 2.05) is 12.1 Å². The highest BCUT2D eigenvalue weighted by atomic mass is 32.2. The molecule has 0 bridgehead atoms. The molecule has 8 nitrogen and oxygen atoms in total. The quantitative estimate of drug-likeness (QED) is 0.555. The Kier molecular flexibility index (Phi) is 4.85. The van der Waals surface area contributed by atoms with Gasteiger partial charge in [-0.1, -0.05) is 18.2 Å². The van der Waals surface area contributed by atoms with Crippen LogP contribution in [0.5, 0.6) is 0 Å². The van der Waals surface area contributed by atoms with Gasteiger partial charge in [0.2, 0.25) is 10.0 Å². The number of amides is 2. The van der Waals surface area contributed by atoms with E-state index in [0.717, 1.165) is 18.2 Å². The molecule has 1 heterocycles. The van der Waals surface area contributed by atoms with Gasteiger partial charge in [-0.2, -0.15) is 0 Å². The van der Waals surface area contributed by atoms with Gasteiger partial charge in [0.25, 0.3) is 5.91 Å². The summed E-state index contributed by atoms with van der Waals surface area (Å²) in [6.07, 6.45) is 1.67. The Balaban J connectivity index is 1.41. The van der Waals surface area contributed by atoms with Gasteiger partial charge in [-0.15, -0.1) is 0 Å². The van der Waals surface area contributed by atoms with Gasteiger partial charge in [0.05, 0.1) is 4.90 Å². The van der Waals surface area contributed by atoms with Crippen LogP contribution in [-0.4, -0.2) is 26.3 Å². The summed E-state index contributed by atoms with van der Waals surface area (Å²) >= 11 is 0. The van der Waals surface area contributed by atoms with Crippen molar-refractivity contribution < 1.29 is 22.4 Å². The topological polar surface area (TPSA) is 118 Å². The van der Waals surface area contributed by atoms with E-state index in [4.69, 9.17) is 4.42 Å². The van der Waals surface area contributed by atoms with Gasteiger partial charge in [-0.25, -0.2) is 13.1 Å². The summed E-state index contributed by atoms with van der Waals surface area (Å²) in [6, 6.07) is 12.7. The van der Waals surface area contributed by atoms with Crippen molar-refractivity contribution in [3.05, 3.63) is 65.4 Å². The van der Waals surface area contributed by atoms with Gasteiger partial charge in [0.1, 0.15) is 5.58 Å². The van der Waals surface area contributed by atoms with E-state index >= 15 is 0 Å². The second-order valence-electron chi connectivity index (χ2n) is 6.88. The Labute approximate surface area is 167 Å². The van der Waals surface area contributed by atoms with Crippen molar-refractivity contribution in [2.45, 2.75) is 30.7 Å². The van der Waals surface area contributed by atoms with Crippen molar-refractivity contribution in [3.8, 4) is 0 Å². The molecule has 1 aliphatic carbocycles. The molecule has 29 heavy (non-hydrogen) atoms. The third-order valence-corrected chi connectivity index (χ3v) is 6.20. The standard InChI is InChI=1S/C20H19N3O5S/c1-12-16-4-2-3-5-17(16)28-18(12)20(25)22-21-19(24)13-6-10-15(11-7-13)29(26,27)23-14-8-9-14/h2-7,10-11,14,23H,8-9H2,1H3,(H,21,24)(H,22,25). The Morgan fingerprint density at radius 1 is 0.966 bits per heavy atom. The summed E-state index contributed by atoms with van der Waals surface area (Å²) in [5, 5.41) is 0.820. The van der Waals surface area contributed by atoms with E-state index in [9.17, 15) is 18.0 Å². The highest BCUT2D eigenvalue weighted by Gasteiger charge is 2.28. The monoisotopic (exact) mass is 413 g/mol. The second kappa shape index (κ2) is 7.34. The summed E-state index contributed by atoms with van der Waals surface area (Å²) < 4.78 is 32.5. The number of hydrogen-bond acceptors (Lipinski definition) is 5. The lowest BCUT2D eigenvalue weighted by Gasteiger charge is -2.08. The van der Waals surface area contributed by atoms with Crippen LogP contribution < -0.4 is 15.6 Å². The van der Waals surface area contributed by atoms with Crippen molar-refractivity contribution in [2.75, 3.05) is 0 Å². The largest absolute Gasteiger partial charge is 0.451 e. The molecular formula is C20H19N3O5S. The molecule has 0 atom stereocenters. The molecular weight excluding hydrogens is 394 g/mol. The van der Waals surface area contributed by atoms with Crippen LogP contribution in [0.4, 0.5) is 0 Å². The van der Waals surface area contributed by atoms with Crippen LogP contribution in [0, 0.1) is 6.92 Å². The lowest BCUT2D eigenvalue weighted by atomic mass is 10.1. The molecule has 0 aliphatic heterocycles. The minimum atomic E-state index is -3.58. The normalized spacial score (nSPS) is 14.0. The fraction of sp³-hybridized carbons (Fsp3) is 0.200. The maximum atomic E-state index is 12.4. The van der Waals surface area contributed by atoms with Gasteiger partial charge in [0.15, 0.2) is 5.76 Å². The molecule has 150 valence electrons. The first-order chi connectivity index (χ1) is 13.8. The third-order valence-electron chi connectivity index (χ3n) is 4.67. The van der Waals surface area contributed by atoms with Crippen LogP contribution >= 0.6 is 0 Å².